The highest BCUT2D eigenvalue weighted by atomic mass is 32.2. The number of fused-ring (bicyclic) bond motifs is 1. The van der Waals surface area contributed by atoms with Crippen molar-refractivity contribution in [3.05, 3.63) is 60.3 Å². The molecule has 8 nitrogen and oxygen atoms in total. The minimum absolute atomic E-state index is 0.0360. The number of rotatable bonds is 8. The van der Waals surface area contributed by atoms with E-state index in [1.54, 1.807) is 13.1 Å². The van der Waals surface area contributed by atoms with Gasteiger partial charge in [0.05, 0.1) is 4.90 Å². The third-order valence-electron chi connectivity index (χ3n) is 4.44. The first-order valence-corrected chi connectivity index (χ1v) is 10.6. The lowest BCUT2D eigenvalue weighted by Gasteiger charge is -2.17. The number of amides is 1. The van der Waals surface area contributed by atoms with Crippen molar-refractivity contribution in [2.24, 2.45) is 0 Å². The molecule has 0 aliphatic heterocycles. The van der Waals surface area contributed by atoms with Crippen molar-refractivity contribution in [2.45, 2.75) is 24.3 Å². The largest absolute Gasteiger partial charge is 0.481 e. The lowest BCUT2D eigenvalue weighted by molar-refractivity contribution is -0.130. The zero-order chi connectivity index (χ0) is 21.6. The first-order chi connectivity index (χ1) is 14.4. The average molecular weight is 427 g/mol. The fourth-order valence-corrected chi connectivity index (χ4v) is 4.14. The van der Waals surface area contributed by atoms with Gasteiger partial charge < -0.3 is 9.72 Å². The highest BCUT2D eigenvalue weighted by Gasteiger charge is 2.27. The van der Waals surface area contributed by atoms with Crippen molar-refractivity contribution in [1.82, 2.24) is 15.2 Å². The summed E-state index contributed by atoms with van der Waals surface area (Å²) in [7, 11) is -4.03. The second-order valence-electron chi connectivity index (χ2n) is 6.40. The van der Waals surface area contributed by atoms with Crippen LogP contribution in [0.2, 0.25) is 0 Å². The number of H-pyrrole nitrogens is 1. The molecule has 9 heteroatoms. The van der Waals surface area contributed by atoms with E-state index in [2.05, 4.69) is 21.5 Å². The smallest absolute Gasteiger partial charge is 0.261 e. The van der Waals surface area contributed by atoms with Crippen LogP contribution in [0.5, 0.6) is 5.75 Å². The molecule has 3 aromatic rings. The minimum atomic E-state index is -4.03. The molecule has 0 radical (unpaired) electrons. The molecule has 1 atom stereocenters. The predicted molar refractivity (Wildman–Crippen MR) is 111 cm³/mol. The van der Waals surface area contributed by atoms with Gasteiger partial charge in [-0.1, -0.05) is 24.1 Å². The Balaban J connectivity index is 1.79. The molecular formula is C21H21N3O5S. The standard InChI is InChI=1S/C21H21N3O5S/c1-2-3-12-29-16-8-10-17(11-9-16)30(27,28)24-20(21(25)23-26)13-15-14-22-19-7-5-4-6-18(15)19/h4-11,14,20,22,24,26H,12-13H2,1H3,(H,23,25). The number of para-hydroxylation sites is 1. The van der Waals surface area contributed by atoms with Gasteiger partial charge >= 0.3 is 0 Å². The number of hydroxylamine groups is 1. The van der Waals surface area contributed by atoms with Crippen LogP contribution in [-0.2, 0) is 21.2 Å². The molecule has 0 aliphatic rings. The molecule has 3 rings (SSSR count). The van der Waals surface area contributed by atoms with E-state index in [-0.39, 0.29) is 17.9 Å². The fourth-order valence-electron chi connectivity index (χ4n) is 2.95. The van der Waals surface area contributed by atoms with Crippen molar-refractivity contribution in [3.8, 4) is 17.6 Å². The molecule has 0 aliphatic carbocycles. The molecule has 2 aromatic carbocycles. The van der Waals surface area contributed by atoms with E-state index in [1.807, 2.05) is 24.3 Å². The number of aromatic nitrogens is 1. The predicted octanol–water partition coefficient (Wildman–Crippen LogP) is 1.96. The SMILES string of the molecule is CC#CCOc1ccc(S(=O)(=O)NC(Cc2c[nH]c3ccccc23)C(=O)NO)cc1. The van der Waals surface area contributed by atoms with Crippen LogP contribution in [0.4, 0.5) is 0 Å². The van der Waals surface area contributed by atoms with Gasteiger partial charge in [-0.25, -0.2) is 13.9 Å². The van der Waals surface area contributed by atoms with E-state index in [1.165, 1.54) is 29.7 Å². The van der Waals surface area contributed by atoms with Crippen molar-refractivity contribution >= 4 is 26.8 Å². The number of hydrogen-bond acceptors (Lipinski definition) is 5. The Morgan fingerprint density at radius 1 is 1.20 bits per heavy atom. The first kappa shape index (κ1) is 21.4. The molecular weight excluding hydrogens is 406 g/mol. The zero-order valence-corrected chi connectivity index (χ0v) is 17.0. The van der Waals surface area contributed by atoms with Gasteiger partial charge in [-0.05, 0) is 49.2 Å². The Bertz CT molecular complexity index is 1190. The van der Waals surface area contributed by atoms with E-state index in [0.717, 1.165) is 16.5 Å². The summed E-state index contributed by atoms with van der Waals surface area (Å²) >= 11 is 0. The molecule has 1 aromatic heterocycles. The maximum atomic E-state index is 12.8. The summed E-state index contributed by atoms with van der Waals surface area (Å²) in [6.07, 6.45) is 1.76. The highest BCUT2D eigenvalue weighted by molar-refractivity contribution is 7.89. The zero-order valence-electron chi connectivity index (χ0n) is 16.2. The molecule has 1 amide bonds. The van der Waals surface area contributed by atoms with Crippen LogP contribution >= 0.6 is 0 Å². The number of aromatic amines is 1. The topological polar surface area (TPSA) is 121 Å². The highest BCUT2D eigenvalue weighted by Crippen LogP contribution is 2.21. The molecule has 156 valence electrons. The Morgan fingerprint density at radius 2 is 1.93 bits per heavy atom. The van der Waals surface area contributed by atoms with Crippen LogP contribution in [0.1, 0.15) is 12.5 Å². The van der Waals surface area contributed by atoms with Crippen LogP contribution in [0, 0.1) is 11.8 Å². The number of carbonyl (C=O) groups excluding carboxylic acids is 1. The summed E-state index contributed by atoms with van der Waals surface area (Å²) in [5, 5.41) is 9.95. The van der Waals surface area contributed by atoms with E-state index >= 15 is 0 Å². The van der Waals surface area contributed by atoms with Crippen LogP contribution in [0.25, 0.3) is 10.9 Å². The quantitative estimate of drug-likeness (QED) is 0.249. The van der Waals surface area contributed by atoms with Crippen molar-refractivity contribution in [2.75, 3.05) is 6.61 Å². The van der Waals surface area contributed by atoms with Crippen molar-refractivity contribution in [1.29, 1.82) is 0 Å². The van der Waals surface area contributed by atoms with Gasteiger partial charge in [0.2, 0.25) is 10.0 Å². The van der Waals surface area contributed by atoms with Crippen LogP contribution in [-0.4, -0.2) is 37.2 Å². The van der Waals surface area contributed by atoms with Crippen LogP contribution in [0.15, 0.2) is 59.6 Å². The van der Waals surface area contributed by atoms with E-state index < -0.39 is 22.0 Å². The molecule has 1 heterocycles. The third-order valence-corrected chi connectivity index (χ3v) is 5.93. The molecule has 1 unspecified atom stereocenters. The van der Waals surface area contributed by atoms with Gasteiger partial charge in [-0.15, -0.1) is 5.92 Å². The Morgan fingerprint density at radius 3 is 2.63 bits per heavy atom. The lowest BCUT2D eigenvalue weighted by Crippen LogP contribution is -2.47. The number of carbonyl (C=O) groups is 1. The number of hydrogen-bond donors (Lipinski definition) is 4. The van der Waals surface area contributed by atoms with Gasteiger partial charge in [0.1, 0.15) is 18.4 Å². The van der Waals surface area contributed by atoms with Crippen molar-refractivity contribution < 1.29 is 23.2 Å². The van der Waals surface area contributed by atoms with Crippen LogP contribution < -0.4 is 14.9 Å². The van der Waals surface area contributed by atoms with E-state index in [0.29, 0.717) is 5.75 Å². The monoisotopic (exact) mass is 427 g/mol. The lowest BCUT2D eigenvalue weighted by atomic mass is 10.1. The molecule has 0 fully saturated rings. The summed E-state index contributed by atoms with van der Waals surface area (Å²) in [4.78, 5) is 15.2. The van der Waals surface area contributed by atoms with Gasteiger partial charge in [0, 0.05) is 17.1 Å². The number of benzene rings is 2. The van der Waals surface area contributed by atoms with Gasteiger partial charge in [0.15, 0.2) is 0 Å². The molecule has 0 saturated carbocycles. The van der Waals surface area contributed by atoms with Gasteiger partial charge in [-0.2, -0.15) is 4.72 Å². The minimum Gasteiger partial charge on any atom is -0.481 e. The van der Waals surface area contributed by atoms with Crippen LogP contribution in [0.3, 0.4) is 0 Å². The third kappa shape index (κ3) is 4.99. The molecule has 4 N–H and O–H groups in total. The fraction of sp³-hybridized carbons (Fsp3) is 0.190. The maximum Gasteiger partial charge on any atom is 0.261 e. The second kappa shape index (κ2) is 9.45. The maximum absolute atomic E-state index is 12.8. The summed E-state index contributed by atoms with van der Waals surface area (Å²) in [6, 6.07) is 12.0. The number of nitrogens with one attached hydrogen (secondary N) is 3. The Kier molecular flexibility index (Phi) is 6.74. The summed E-state index contributed by atoms with van der Waals surface area (Å²) in [6.45, 7) is 1.89. The Labute approximate surface area is 174 Å². The molecule has 0 spiro atoms. The summed E-state index contributed by atoms with van der Waals surface area (Å²) in [5.74, 6) is 5.06. The van der Waals surface area contributed by atoms with Gasteiger partial charge in [0.25, 0.3) is 5.91 Å². The summed E-state index contributed by atoms with van der Waals surface area (Å²) in [5.41, 5.74) is 3.13. The molecule has 30 heavy (non-hydrogen) atoms. The molecule has 0 saturated heterocycles. The van der Waals surface area contributed by atoms with E-state index in [9.17, 15) is 13.2 Å². The first-order valence-electron chi connectivity index (χ1n) is 9.08. The normalized spacial score (nSPS) is 12.1. The van der Waals surface area contributed by atoms with Gasteiger partial charge in [-0.3, -0.25) is 10.0 Å². The molecule has 0 bridgehead atoms. The second-order valence-corrected chi connectivity index (χ2v) is 8.11. The van der Waals surface area contributed by atoms with E-state index in [4.69, 9.17) is 9.94 Å². The average Bonchev–Trinajstić information content (AvgIpc) is 3.16. The summed E-state index contributed by atoms with van der Waals surface area (Å²) < 4.78 is 33.3. The number of sulfonamides is 1. The van der Waals surface area contributed by atoms with Crippen molar-refractivity contribution in [3.63, 3.8) is 0 Å². The Hall–Kier alpha value is -3.32. The number of ether oxygens (including phenoxy) is 1.